The highest BCUT2D eigenvalue weighted by Gasteiger charge is 2.21. The molecule has 1 heterocycles. The second-order valence-corrected chi connectivity index (χ2v) is 4.97. The molecule has 0 aliphatic carbocycles. The summed E-state index contributed by atoms with van der Waals surface area (Å²) in [5, 5.41) is 0. The Hall–Kier alpha value is -0.130. The molecule has 1 rings (SSSR count). The smallest absolute Gasteiger partial charge is 0.235 e. The number of hydroxylamine groups is 1. The number of hydrogen-bond donors (Lipinski definition) is 0. The second kappa shape index (κ2) is 4.20. The van der Waals surface area contributed by atoms with Crippen molar-refractivity contribution >= 4 is 10.0 Å². The van der Waals surface area contributed by atoms with E-state index in [2.05, 4.69) is 0 Å². The second-order valence-electron chi connectivity index (χ2n) is 2.82. The Kier molecular flexibility index (Phi) is 3.49. The topological polar surface area (TPSA) is 46.6 Å². The van der Waals surface area contributed by atoms with Crippen LogP contribution in [0.2, 0.25) is 0 Å². The third kappa shape index (κ3) is 2.43. The molecular weight excluding hydrogens is 178 g/mol. The van der Waals surface area contributed by atoms with Crippen LogP contribution in [0, 0.1) is 0 Å². The van der Waals surface area contributed by atoms with Crippen LogP contribution in [0.15, 0.2) is 0 Å². The molecule has 0 spiro atoms. The highest BCUT2D eigenvalue weighted by molar-refractivity contribution is 7.88. The van der Waals surface area contributed by atoms with Gasteiger partial charge in [-0.3, -0.25) is 4.84 Å². The van der Waals surface area contributed by atoms with Crippen molar-refractivity contribution in [1.29, 1.82) is 0 Å². The molecule has 1 saturated heterocycles. The lowest BCUT2D eigenvalue weighted by Gasteiger charge is -2.17. The molecule has 0 aromatic rings. The van der Waals surface area contributed by atoms with E-state index in [1.54, 1.807) is 6.92 Å². The van der Waals surface area contributed by atoms with Gasteiger partial charge in [-0.15, -0.1) is 0 Å². The first-order valence-corrected chi connectivity index (χ1v) is 5.91. The van der Waals surface area contributed by atoms with Gasteiger partial charge in [-0.25, -0.2) is 8.42 Å². The molecule has 0 atom stereocenters. The summed E-state index contributed by atoms with van der Waals surface area (Å²) >= 11 is 0. The molecule has 0 aromatic heterocycles. The van der Waals surface area contributed by atoms with Crippen LogP contribution in [-0.4, -0.2) is 31.8 Å². The van der Waals surface area contributed by atoms with Gasteiger partial charge in [-0.05, 0) is 26.2 Å². The molecule has 1 fully saturated rings. The first kappa shape index (κ1) is 9.95. The van der Waals surface area contributed by atoms with Gasteiger partial charge in [0, 0.05) is 6.54 Å². The van der Waals surface area contributed by atoms with Crippen LogP contribution in [0.25, 0.3) is 0 Å². The summed E-state index contributed by atoms with van der Waals surface area (Å²) in [6.45, 7) is 2.67. The molecule has 0 unspecified atom stereocenters. The van der Waals surface area contributed by atoms with Crippen molar-refractivity contribution < 1.29 is 13.3 Å². The molecule has 12 heavy (non-hydrogen) atoms. The standard InChI is InChI=1S/C7H15NO3S/c1-2-12(9,10)8-6-4-3-5-7-11-8/h2-7H2,1H3. The van der Waals surface area contributed by atoms with Crippen molar-refractivity contribution in [3.8, 4) is 0 Å². The zero-order valence-corrected chi connectivity index (χ0v) is 8.14. The summed E-state index contributed by atoms with van der Waals surface area (Å²) in [4.78, 5) is 5.10. The minimum absolute atomic E-state index is 0.118. The zero-order chi connectivity index (χ0) is 9.03. The quantitative estimate of drug-likeness (QED) is 0.650. The van der Waals surface area contributed by atoms with Gasteiger partial charge in [0.2, 0.25) is 10.0 Å². The van der Waals surface area contributed by atoms with Crippen molar-refractivity contribution in [3.05, 3.63) is 0 Å². The van der Waals surface area contributed by atoms with Gasteiger partial charge in [-0.2, -0.15) is 0 Å². The molecule has 0 amide bonds. The maximum atomic E-state index is 11.3. The first-order chi connectivity index (χ1) is 5.67. The van der Waals surface area contributed by atoms with Crippen LogP contribution in [0.3, 0.4) is 0 Å². The van der Waals surface area contributed by atoms with E-state index in [0.29, 0.717) is 13.2 Å². The van der Waals surface area contributed by atoms with Crippen molar-refractivity contribution in [1.82, 2.24) is 4.47 Å². The first-order valence-electron chi connectivity index (χ1n) is 4.30. The Morgan fingerprint density at radius 3 is 2.75 bits per heavy atom. The Bertz CT molecular complexity index is 217. The molecule has 0 aromatic carbocycles. The van der Waals surface area contributed by atoms with Crippen LogP contribution in [0.1, 0.15) is 26.2 Å². The van der Waals surface area contributed by atoms with Gasteiger partial charge in [0.25, 0.3) is 0 Å². The van der Waals surface area contributed by atoms with Crippen LogP contribution >= 0.6 is 0 Å². The highest BCUT2D eigenvalue weighted by Crippen LogP contribution is 2.11. The lowest BCUT2D eigenvalue weighted by Crippen LogP contribution is -2.32. The molecule has 1 aliphatic rings. The molecule has 0 radical (unpaired) electrons. The molecule has 4 nitrogen and oxygen atoms in total. The third-order valence-electron chi connectivity index (χ3n) is 1.90. The number of sulfonamides is 1. The third-order valence-corrected chi connectivity index (χ3v) is 3.53. The molecule has 5 heteroatoms. The normalized spacial score (nSPS) is 22.1. The van der Waals surface area contributed by atoms with Crippen molar-refractivity contribution in [2.24, 2.45) is 0 Å². The Morgan fingerprint density at radius 1 is 1.33 bits per heavy atom. The summed E-state index contributed by atoms with van der Waals surface area (Å²) in [6, 6.07) is 0. The minimum Gasteiger partial charge on any atom is -0.284 e. The average molecular weight is 193 g/mol. The number of rotatable bonds is 2. The Balaban J connectivity index is 2.60. The molecule has 0 N–H and O–H groups in total. The average Bonchev–Trinajstić information content (AvgIpc) is 2.32. The Labute approximate surface area is 73.5 Å². The van der Waals surface area contributed by atoms with E-state index in [0.717, 1.165) is 23.7 Å². The van der Waals surface area contributed by atoms with Gasteiger partial charge >= 0.3 is 0 Å². The zero-order valence-electron chi connectivity index (χ0n) is 7.32. The van der Waals surface area contributed by atoms with E-state index in [1.807, 2.05) is 0 Å². The van der Waals surface area contributed by atoms with Crippen molar-refractivity contribution in [2.75, 3.05) is 18.9 Å². The van der Waals surface area contributed by atoms with E-state index >= 15 is 0 Å². The maximum absolute atomic E-state index is 11.3. The fourth-order valence-electron chi connectivity index (χ4n) is 1.11. The van der Waals surface area contributed by atoms with Gasteiger partial charge in [0.15, 0.2) is 0 Å². The van der Waals surface area contributed by atoms with E-state index in [4.69, 9.17) is 4.84 Å². The largest absolute Gasteiger partial charge is 0.284 e. The van der Waals surface area contributed by atoms with E-state index in [9.17, 15) is 8.42 Å². The highest BCUT2D eigenvalue weighted by atomic mass is 32.2. The fraction of sp³-hybridized carbons (Fsp3) is 1.00. The summed E-state index contributed by atoms with van der Waals surface area (Å²) in [5.74, 6) is 0.118. The number of hydrogen-bond acceptors (Lipinski definition) is 3. The van der Waals surface area contributed by atoms with Crippen molar-refractivity contribution in [2.45, 2.75) is 26.2 Å². The van der Waals surface area contributed by atoms with E-state index < -0.39 is 10.0 Å². The van der Waals surface area contributed by atoms with Gasteiger partial charge in [-0.1, -0.05) is 4.47 Å². The summed E-state index contributed by atoms with van der Waals surface area (Å²) in [7, 11) is -3.13. The van der Waals surface area contributed by atoms with Crippen LogP contribution in [-0.2, 0) is 14.9 Å². The summed E-state index contributed by atoms with van der Waals surface area (Å²) in [6.07, 6.45) is 2.91. The summed E-state index contributed by atoms with van der Waals surface area (Å²) < 4.78 is 23.8. The Morgan fingerprint density at radius 2 is 2.08 bits per heavy atom. The lowest BCUT2D eigenvalue weighted by atomic mass is 10.2. The monoisotopic (exact) mass is 193 g/mol. The minimum atomic E-state index is -3.13. The van der Waals surface area contributed by atoms with Gasteiger partial charge < -0.3 is 0 Å². The summed E-state index contributed by atoms with van der Waals surface area (Å²) in [5.41, 5.74) is 0. The predicted octanol–water partition coefficient (Wildman–Crippen LogP) is 0.754. The van der Waals surface area contributed by atoms with E-state index in [-0.39, 0.29) is 5.75 Å². The maximum Gasteiger partial charge on any atom is 0.235 e. The van der Waals surface area contributed by atoms with E-state index in [1.165, 1.54) is 0 Å². The number of nitrogens with zero attached hydrogens (tertiary/aromatic N) is 1. The van der Waals surface area contributed by atoms with Crippen LogP contribution in [0.5, 0.6) is 0 Å². The molecule has 0 bridgehead atoms. The molecule has 0 saturated carbocycles. The fourth-order valence-corrected chi connectivity index (χ4v) is 2.04. The van der Waals surface area contributed by atoms with Crippen LogP contribution < -0.4 is 0 Å². The predicted molar refractivity (Wildman–Crippen MR) is 46.0 cm³/mol. The van der Waals surface area contributed by atoms with Crippen molar-refractivity contribution in [3.63, 3.8) is 0 Å². The SMILES string of the molecule is CCS(=O)(=O)N1CCCCCO1. The van der Waals surface area contributed by atoms with Gasteiger partial charge in [0.05, 0.1) is 12.4 Å². The van der Waals surface area contributed by atoms with Gasteiger partial charge in [0.1, 0.15) is 0 Å². The molecule has 1 aliphatic heterocycles. The molecule has 72 valence electrons. The van der Waals surface area contributed by atoms with Crippen LogP contribution in [0.4, 0.5) is 0 Å². The lowest BCUT2D eigenvalue weighted by molar-refractivity contribution is -0.0747. The molecular formula is C7H15NO3S.